The van der Waals surface area contributed by atoms with Crippen LogP contribution in [-0.4, -0.2) is 23.1 Å². The van der Waals surface area contributed by atoms with Gasteiger partial charge in [0.15, 0.2) is 0 Å². The first kappa shape index (κ1) is 16.6. The Hall–Kier alpha value is -2.27. The van der Waals surface area contributed by atoms with Crippen LogP contribution in [0.25, 0.3) is 0 Å². The molecule has 2 aromatic rings. The van der Waals surface area contributed by atoms with E-state index in [1.165, 1.54) is 4.90 Å². The summed E-state index contributed by atoms with van der Waals surface area (Å²) in [6, 6.07) is 17.0. The first-order valence-corrected chi connectivity index (χ1v) is 9.16. The van der Waals surface area contributed by atoms with Crippen LogP contribution >= 0.6 is 11.8 Å². The molecule has 1 saturated heterocycles. The van der Waals surface area contributed by atoms with Gasteiger partial charge >= 0.3 is 6.03 Å². The summed E-state index contributed by atoms with van der Waals surface area (Å²) in [6.45, 7) is 2.20. The third-order valence-corrected chi connectivity index (χ3v) is 5.22. The van der Waals surface area contributed by atoms with Gasteiger partial charge in [-0.15, -0.1) is 11.8 Å². The molecular weight excluding hydrogens is 320 g/mol. The molecule has 1 fully saturated rings. The molecule has 1 aliphatic heterocycles. The largest absolute Gasteiger partial charge is 0.325 e. The zero-order valence-electron chi connectivity index (χ0n) is 13.8. The Labute approximate surface area is 146 Å². The van der Waals surface area contributed by atoms with Gasteiger partial charge in [0.05, 0.1) is 6.54 Å². The van der Waals surface area contributed by atoms with Crippen LogP contribution in [0.5, 0.6) is 0 Å². The zero-order valence-corrected chi connectivity index (χ0v) is 14.6. The maximum atomic E-state index is 13.0. The van der Waals surface area contributed by atoms with Crippen LogP contribution in [0.15, 0.2) is 59.5 Å². The fourth-order valence-electron chi connectivity index (χ4n) is 3.05. The van der Waals surface area contributed by atoms with Crippen molar-refractivity contribution in [3.8, 4) is 0 Å². The van der Waals surface area contributed by atoms with Crippen molar-refractivity contribution in [3.63, 3.8) is 0 Å². The number of imide groups is 1. The standard InChI is InChI=1S/C19H20N2O2S/c1-3-19(15-7-5-4-6-8-15)17(22)21(18(23)20-19)13-14-9-11-16(24-2)12-10-14/h4-12H,3,13H2,1-2H3,(H,20,23)/t19-/m1/s1. The van der Waals surface area contributed by atoms with Crippen molar-refractivity contribution in [2.45, 2.75) is 30.3 Å². The molecule has 0 spiro atoms. The van der Waals surface area contributed by atoms with Gasteiger partial charge in [0.1, 0.15) is 5.54 Å². The predicted molar refractivity (Wildman–Crippen MR) is 95.7 cm³/mol. The molecule has 0 bridgehead atoms. The Kier molecular flexibility index (Phi) is 4.62. The summed E-state index contributed by atoms with van der Waals surface area (Å²) < 4.78 is 0. The SMILES string of the molecule is CC[C@]1(c2ccccc2)NC(=O)N(Cc2ccc(SC)cc2)C1=O. The van der Waals surface area contributed by atoms with Gasteiger partial charge in [-0.05, 0) is 35.9 Å². The average molecular weight is 340 g/mol. The zero-order chi connectivity index (χ0) is 17.2. The van der Waals surface area contributed by atoms with Crippen LogP contribution in [0.1, 0.15) is 24.5 Å². The second kappa shape index (κ2) is 6.69. The number of thioether (sulfide) groups is 1. The minimum atomic E-state index is -0.961. The highest BCUT2D eigenvalue weighted by molar-refractivity contribution is 7.98. The van der Waals surface area contributed by atoms with Crippen LogP contribution in [0.4, 0.5) is 4.79 Å². The van der Waals surface area contributed by atoms with Gasteiger partial charge in [-0.25, -0.2) is 4.79 Å². The smallest absolute Gasteiger partial charge is 0.319 e. The molecule has 1 atom stereocenters. The van der Waals surface area contributed by atoms with Crippen LogP contribution in [0.3, 0.4) is 0 Å². The maximum absolute atomic E-state index is 13.0. The third-order valence-electron chi connectivity index (χ3n) is 4.47. The summed E-state index contributed by atoms with van der Waals surface area (Å²) in [5, 5.41) is 2.91. The minimum Gasteiger partial charge on any atom is -0.319 e. The summed E-state index contributed by atoms with van der Waals surface area (Å²) in [5.74, 6) is -0.185. The number of carbonyl (C=O) groups excluding carboxylic acids is 2. The molecule has 5 heteroatoms. The quantitative estimate of drug-likeness (QED) is 0.666. The van der Waals surface area contributed by atoms with E-state index < -0.39 is 5.54 Å². The summed E-state index contributed by atoms with van der Waals surface area (Å²) in [7, 11) is 0. The van der Waals surface area contributed by atoms with E-state index in [4.69, 9.17) is 0 Å². The number of rotatable bonds is 5. The topological polar surface area (TPSA) is 49.4 Å². The van der Waals surface area contributed by atoms with Gasteiger partial charge in [-0.3, -0.25) is 9.69 Å². The van der Waals surface area contributed by atoms with E-state index in [1.54, 1.807) is 11.8 Å². The Bertz CT molecular complexity index is 746. The molecule has 124 valence electrons. The molecule has 3 amide bonds. The molecule has 0 radical (unpaired) electrons. The van der Waals surface area contributed by atoms with Gasteiger partial charge in [0.25, 0.3) is 5.91 Å². The van der Waals surface area contributed by atoms with Gasteiger partial charge in [0.2, 0.25) is 0 Å². The Balaban J connectivity index is 1.88. The van der Waals surface area contributed by atoms with E-state index in [-0.39, 0.29) is 18.5 Å². The number of nitrogens with one attached hydrogen (secondary N) is 1. The van der Waals surface area contributed by atoms with Crippen LogP contribution < -0.4 is 5.32 Å². The molecule has 0 aromatic heterocycles. The highest BCUT2D eigenvalue weighted by atomic mass is 32.2. The molecule has 0 saturated carbocycles. The number of hydrogen-bond acceptors (Lipinski definition) is 3. The van der Waals surface area contributed by atoms with Gasteiger partial charge < -0.3 is 5.32 Å². The molecule has 24 heavy (non-hydrogen) atoms. The van der Waals surface area contributed by atoms with Crippen molar-refractivity contribution in [1.82, 2.24) is 10.2 Å². The van der Waals surface area contributed by atoms with Crippen LogP contribution in [0, 0.1) is 0 Å². The number of benzene rings is 2. The van der Waals surface area contributed by atoms with Crippen molar-refractivity contribution in [1.29, 1.82) is 0 Å². The van der Waals surface area contributed by atoms with Crippen molar-refractivity contribution in [2.24, 2.45) is 0 Å². The average Bonchev–Trinajstić information content (AvgIpc) is 2.88. The highest BCUT2D eigenvalue weighted by Crippen LogP contribution is 2.33. The van der Waals surface area contributed by atoms with Crippen molar-refractivity contribution >= 4 is 23.7 Å². The lowest BCUT2D eigenvalue weighted by molar-refractivity contribution is -0.132. The van der Waals surface area contributed by atoms with E-state index in [0.29, 0.717) is 6.42 Å². The molecule has 1 N–H and O–H groups in total. The molecule has 2 aromatic carbocycles. The monoisotopic (exact) mass is 340 g/mol. The second-order valence-electron chi connectivity index (χ2n) is 5.79. The van der Waals surface area contributed by atoms with Gasteiger partial charge in [-0.1, -0.05) is 49.4 Å². The normalized spacial score (nSPS) is 20.3. The molecule has 4 nitrogen and oxygen atoms in total. The number of hydrogen-bond donors (Lipinski definition) is 1. The van der Waals surface area contributed by atoms with Crippen LogP contribution in [-0.2, 0) is 16.9 Å². The molecular formula is C19H20N2O2S. The van der Waals surface area contributed by atoms with Gasteiger partial charge in [0, 0.05) is 4.90 Å². The summed E-state index contributed by atoms with van der Waals surface area (Å²) in [6.07, 6.45) is 2.53. The first-order valence-electron chi connectivity index (χ1n) is 7.93. The number of urea groups is 1. The summed E-state index contributed by atoms with van der Waals surface area (Å²) in [4.78, 5) is 28.0. The molecule has 3 rings (SSSR count). The van der Waals surface area contributed by atoms with E-state index in [9.17, 15) is 9.59 Å². The lowest BCUT2D eigenvalue weighted by Gasteiger charge is -2.25. The number of amides is 3. The third kappa shape index (κ3) is 2.80. The van der Waals surface area contributed by atoms with Crippen molar-refractivity contribution < 1.29 is 9.59 Å². The van der Waals surface area contributed by atoms with Crippen molar-refractivity contribution in [3.05, 3.63) is 65.7 Å². The van der Waals surface area contributed by atoms with E-state index in [0.717, 1.165) is 16.0 Å². The lowest BCUT2D eigenvalue weighted by atomic mass is 9.87. The van der Waals surface area contributed by atoms with Gasteiger partial charge in [-0.2, -0.15) is 0 Å². The summed E-state index contributed by atoms with van der Waals surface area (Å²) >= 11 is 1.66. The highest BCUT2D eigenvalue weighted by Gasteiger charge is 2.50. The van der Waals surface area contributed by atoms with Crippen molar-refractivity contribution in [2.75, 3.05) is 6.26 Å². The first-order chi connectivity index (χ1) is 11.6. The number of carbonyl (C=O) groups is 2. The van der Waals surface area contributed by atoms with E-state index in [1.807, 2.05) is 67.8 Å². The Morgan fingerprint density at radius 1 is 1.04 bits per heavy atom. The maximum Gasteiger partial charge on any atom is 0.325 e. The Morgan fingerprint density at radius 3 is 2.29 bits per heavy atom. The molecule has 1 aliphatic rings. The van der Waals surface area contributed by atoms with Crippen LogP contribution in [0.2, 0.25) is 0 Å². The van der Waals surface area contributed by atoms with E-state index in [2.05, 4.69) is 5.32 Å². The molecule has 1 heterocycles. The molecule has 0 aliphatic carbocycles. The fourth-order valence-corrected chi connectivity index (χ4v) is 3.45. The fraction of sp³-hybridized carbons (Fsp3) is 0.263. The molecule has 0 unspecified atom stereocenters. The Morgan fingerprint density at radius 2 is 1.71 bits per heavy atom. The summed E-state index contributed by atoms with van der Waals surface area (Å²) in [5.41, 5.74) is 0.805. The second-order valence-corrected chi connectivity index (χ2v) is 6.67. The van der Waals surface area contributed by atoms with E-state index >= 15 is 0 Å². The predicted octanol–water partition coefficient (Wildman–Crippen LogP) is 3.77. The minimum absolute atomic E-state index is 0.185. The number of nitrogens with zero attached hydrogens (tertiary/aromatic N) is 1. The lowest BCUT2D eigenvalue weighted by Crippen LogP contribution is -2.43.